The van der Waals surface area contributed by atoms with E-state index in [1.165, 1.54) is 37.5 Å². The van der Waals surface area contributed by atoms with Gasteiger partial charge in [0.1, 0.15) is 5.82 Å². The van der Waals surface area contributed by atoms with Crippen LogP contribution in [0.25, 0.3) is 0 Å². The number of aromatic nitrogens is 1. The number of hydrogen-bond acceptors (Lipinski definition) is 3. The van der Waals surface area contributed by atoms with E-state index in [4.69, 9.17) is 0 Å². The second-order valence-corrected chi connectivity index (χ2v) is 4.77. The molecule has 7 heteroatoms. The van der Waals surface area contributed by atoms with E-state index in [0.29, 0.717) is 4.47 Å². The summed E-state index contributed by atoms with van der Waals surface area (Å²) in [5, 5.41) is 4.85. The molecule has 1 heterocycles. The highest BCUT2D eigenvalue weighted by Gasteiger charge is 2.17. The Hall–Kier alpha value is -2.02. The smallest absolute Gasteiger partial charge is 0.258 e. The van der Waals surface area contributed by atoms with Gasteiger partial charge in [-0.1, -0.05) is 15.9 Å². The van der Waals surface area contributed by atoms with Crippen molar-refractivity contribution in [3.8, 4) is 0 Å². The summed E-state index contributed by atoms with van der Waals surface area (Å²) in [5.74, 6) is -2.20. The molecule has 2 N–H and O–H groups in total. The Morgan fingerprint density at radius 3 is 2.75 bits per heavy atom. The Balaban J connectivity index is 2.31. The van der Waals surface area contributed by atoms with Crippen LogP contribution in [0, 0.1) is 11.6 Å². The van der Waals surface area contributed by atoms with Crippen LogP contribution in [-0.2, 0) is 0 Å². The molecule has 0 aliphatic heterocycles. The van der Waals surface area contributed by atoms with Crippen LogP contribution in [0.1, 0.15) is 10.4 Å². The minimum Gasteiger partial charge on any atom is -0.371 e. The molecular weight excluding hydrogens is 332 g/mol. The second-order valence-electron chi connectivity index (χ2n) is 3.85. The lowest BCUT2D eigenvalue weighted by atomic mass is 10.2. The van der Waals surface area contributed by atoms with Gasteiger partial charge in [-0.25, -0.2) is 13.8 Å². The van der Waals surface area contributed by atoms with Crippen molar-refractivity contribution >= 4 is 33.3 Å². The van der Waals surface area contributed by atoms with E-state index < -0.39 is 17.5 Å². The summed E-state index contributed by atoms with van der Waals surface area (Å²) in [4.78, 5) is 15.7. The van der Waals surface area contributed by atoms with Crippen molar-refractivity contribution in [3.05, 3.63) is 52.1 Å². The first-order valence-electron chi connectivity index (χ1n) is 5.61. The maximum absolute atomic E-state index is 13.9. The van der Waals surface area contributed by atoms with E-state index in [0.717, 1.165) is 0 Å². The highest BCUT2D eigenvalue weighted by Crippen LogP contribution is 2.22. The number of nitrogens with zero attached hydrogens (tertiary/aromatic N) is 1. The van der Waals surface area contributed by atoms with Crippen LogP contribution >= 0.6 is 15.9 Å². The molecule has 0 fully saturated rings. The summed E-state index contributed by atoms with van der Waals surface area (Å²) in [6.07, 6.45) is 1.29. The fraction of sp³-hybridized carbons (Fsp3) is 0.0769. The molecule has 0 aliphatic carbocycles. The van der Waals surface area contributed by atoms with Gasteiger partial charge in [-0.2, -0.15) is 0 Å². The van der Waals surface area contributed by atoms with Crippen molar-refractivity contribution in [1.82, 2.24) is 4.98 Å². The van der Waals surface area contributed by atoms with Crippen molar-refractivity contribution in [2.24, 2.45) is 0 Å². The third kappa shape index (κ3) is 2.93. The summed E-state index contributed by atoms with van der Waals surface area (Å²) < 4.78 is 28.1. The van der Waals surface area contributed by atoms with Crippen LogP contribution in [-0.4, -0.2) is 17.9 Å². The normalized spacial score (nSPS) is 10.2. The summed E-state index contributed by atoms with van der Waals surface area (Å²) in [6.45, 7) is 0. The Bertz CT molecular complexity index is 664. The summed E-state index contributed by atoms with van der Waals surface area (Å²) in [7, 11) is 1.49. The number of benzene rings is 1. The lowest BCUT2D eigenvalue weighted by Gasteiger charge is -2.09. The number of carbonyl (C=O) groups is 1. The van der Waals surface area contributed by atoms with Gasteiger partial charge in [0, 0.05) is 17.7 Å². The zero-order valence-corrected chi connectivity index (χ0v) is 12.0. The van der Waals surface area contributed by atoms with Gasteiger partial charge in [-0.15, -0.1) is 0 Å². The quantitative estimate of drug-likeness (QED) is 0.899. The largest absolute Gasteiger partial charge is 0.371 e. The molecule has 0 atom stereocenters. The Morgan fingerprint density at radius 2 is 2.05 bits per heavy atom. The molecule has 0 radical (unpaired) electrons. The van der Waals surface area contributed by atoms with Crippen molar-refractivity contribution < 1.29 is 13.6 Å². The summed E-state index contributed by atoms with van der Waals surface area (Å²) in [5.41, 5.74) is -0.254. The molecule has 0 aliphatic rings. The van der Waals surface area contributed by atoms with E-state index >= 15 is 0 Å². The summed E-state index contributed by atoms with van der Waals surface area (Å²) in [6, 6.07) is 5.31. The van der Waals surface area contributed by atoms with Crippen LogP contribution in [0.5, 0.6) is 0 Å². The number of amides is 1. The highest BCUT2D eigenvalue weighted by atomic mass is 79.9. The minimum atomic E-state index is -0.789. The van der Waals surface area contributed by atoms with Gasteiger partial charge in [0.2, 0.25) is 0 Å². The molecule has 0 saturated heterocycles. The molecule has 20 heavy (non-hydrogen) atoms. The van der Waals surface area contributed by atoms with E-state index in [-0.39, 0.29) is 17.1 Å². The maximum atomic E-state index is 13.9. The van der Waals surface area contributed by atoms with Gasteiger partial charge in [0.25, 0.3) is 5.91 Å². The minimum absolute atomic E-state index is 0.0356. The number of rotatable bonds is 3. The van der Waals surface area contributed by atoms with Gasteiger partial charge in [0.05, 0.1) is 11.3 Å². The first-order valence-corrected chi connectivity index (χ1v) is 6.41. The zero-order chi connectivity index (χ0) is 14.7. The van der Waals surface area contributed by atoms with Gasteiger partial charge in [0.15, 0.2) is 11.6 Å². The fourth-order valence-electron chi connectivity index (χ4n) is 1.58. The summed E-state index contributed by atoms with van der Waals surface area (Å²) >= 11 is 3.17. The van der Waals surface area contributed by atoms with Crippen molar-refractivity contribution in [3.63, 3.8) is 0 Å². The topological polar surface area (TPSA) is 54.0 Å². The molecule has 4 nitrogen and oxygen atoms in total. The average Bonchev–Trinajstić information content (AvgIpc) is 2.43. The van der Waals surface area contributed by atoms with Gasteiger partial charge in [-0.05, 0) is 24.3 Å². The van der Waals surface area contributed by atoms with E-state index in [1.807, 2.05) is 0 Å². The Kier molecular flexibility index (Phi) is 4.29. The van der Waals surface area contributed by atoms with Gasteiger partial charge in [-0.3, -0.25) is 4.79 Å². The monoisotopic (exact) mass is 341 g/mol. The molecule has 104 valence electrons. The van der Waals surface area contributed by atoms with Crippen molar-refractivity contribution in [2.75, 3.05) is 17.7 Å². The average molecular weight is 342 g/mol. The predicted molar refractivity (Wildman–Crippen MR) is 75.8 cm³/mol. The molecule has 1 aromatic heterocycles. The van der Waals surface area contributed by atoms with Crippen LogP contribution < -0.4 is 10.6 Å². The van der Waals surface area contributed by atoms with E-state index in [1.54, 1.807) is 0 Å². The van der Waals surface area contributed by atoms with Crippen molar-refractivity contribution in [2.45, 2.75) is 0 Å². The molecule has 2 aromatic rings. The zero-order valence-electron chi connectivity index (χ0n) is 10.4. The molecule has 0 spiro atoms. The van der Waals surface area contributed by atoms with Crippen LogP contribution in [0.3, 0.4) is 0 Å². The van der Waals surface area contributed by atoms with Crippen molar-refractivity contribution in [1.29, 1.82) is 0 Å². The number of hydrogen-bond donors (Lipinski definition) is 2. The Morgan fingerprint density at radius 1 is 1.30 bits per heavy atom. The van der Waals surface area contributed by atoms with Gasteiger partial charge < -0.3 is 10.6 Å². The molecule has 1 aromatic carbocycles. The first kappa shape index (κ1) is 14.4. The number of anilines is 2. The fourth-order valence-corrected chi connectivity index (χ4v) is 1.94. The number of carbonyl (C=O) groups excluding carboxylic acids is 1. The molecule has 0 unspecified atom stereocenters. The van der Waals surface area contributed by atoms with Crippen LogP contribution in [0.2, 0.25) is 0 Å². The Labute approximate surface area is 122 Å². The molecular formula is C13H10BrF2N3O. The second kappa shape index (κ2) is 5.96. The third-order valence-corrected chi connectivity index (χ3v) is 3.04. The SMILES string of the molecule is CNc1nccc(C(=O)Nc2cc(Br)ccc2F)c1F. The number of pyridine rings is 1. The van der Waals surface area contributed by atoms with E-state index in [2.05, 4.69) is 31.5 Å². The first-order chi connectivity index (χ1) is 9.52. The standard InChI is InChI=1S/C13H10BrF2N3O/c1-17-12-11(16)8(4-5-18-12)13(20)19-10-6-7(14)2-3-9(10)15/h2-6H,1H3,(H,17,18)(H,19,20). The number of halogens is 3. The van der Waals surface area contributed by atoms with Crippen LogP contribution in [0.4, 0.5) is 20.3 Å². The maximum Gasteiger partial charge on any atom is 0.258 e. The number of nitrogens with one attached hydrogen (secondary N) is 2. The van der Waals surface area contributed by atoms with E-state index in [9.17, 15) is 13.6 Å². The lowest BCUT2D eigenvalue weighted by Crippen LogP contribution is -2.16. The van der Waals surface area contributed by atoms with Gasteiger partial charge >= 0.3 is 0 Å². The molecule has 0 bridgehead atoms. The molecule has 0 saturated carbocycles. The highest BCUT2D eigenvalue weighted by molar-refractivity contribution is 9.10. The molecule has 1 amide bonds. The third-order valence-electron chi connectivity index (χ3n) is 2.55. The predicted octanol–water partition coefficient (Wildman–Crippen LogP) is 3.42. The lowest BCUT2D eigenvalue weighted by molar-refractivity contribution is 0.102. The van der Waals surface area contributed by atoms with Crippen LogP contribution in [0.15, 0.2) is 34.9 Å². The molecule has 2 rings (SSSR count).